The number of rotatable bonds is 15. The van der Waals surface area contributed by atoms with Crippen molar-refractivity contribution < 1.29 is 19.1 Å². The van der Waals surface area contributed by atoms with Gasteiger partial charge in [0.2, 0.25) is 0 Å². The first-order chi connectivity index (χ1) is 11.1. The van der Waals surface area contributed by atoms with E-state index in [4.69, 9.17) is 9.47 Å². The van der Waals surface area contributed by atoms with E-state index in [9.17, 15) is 9.59 Å². The third-order valence-electron chi connectivity index (χ3n) is 4.05. The number of carbonyl (C=O) groups is 2. The first-order valence-corrected chi connectivity index (χ1v) is 9.45. The van der Waals surface area contributed by atoms with E-state index in [1.54, 1.807) is 0 Å². The summed E-state index contributed by atoms with van der Waals surface area (Å²) >= 11 is 0. The lowest BCUT2D eigenvalue weighted by Gasteiger charge is -2.14. The lowest BCUT2D eigenvalue weighted by atomic mass is 10.0. The predicted molar refractivity (Wildman–Crippen MR) is 93.2 cm³/mol. The zero-order valence-corrected chi connectivity index (χ0v) is 15.4. The Labute approximate surface area is 142 Å². The van der Waals surface area contributed by atoms with Gasteiger partial charge in [-0.05, 0) is 31.6 Å². The molecule has 0 aliphatic heterocycles. The molecule has 0 heterocycles. The highest BCUT2D eigenvalue weighted by Gasteiger charge is 2.10. The molecule has 4 heteroatoms. The van der Waals surface area contributed by atoms with Gasteiger partial charge in [-0.25, -0.2) is 0 Å². The molecule has 0 N–H and O–H groups in total. The molecule has 0 fully saturated rings. The molecular weight excluding hydrogens is 292 g/mol. The highest BCUT2D eigenvalue weighted by molar-refractivity contribution is 5.70. The molecule has 0 radical (unpaired) electrons. The minimum absolute atomic E-state index is 0.142. The third-order valence-corrected chi connectivity index (χ3v) is 4.05. The van der Waals surface area contributed by atoms with E-state index in [-0.39, 0.29) is 11.9 Å². The van der Waals surface area contributed by atoms with Crippen molar-refractivity contribution >= 4 is 11.9 Å². The quantitative estimate of drug-likeness (QED) is 0.312. The number of unbranched alkanes of at least 4 members (excludes halogenated alkanes) is 4. The van der Waals surface area contributed by atoms with Crippen LogP contribution in [0.25, 0.3) is 0 Å². The normalized spacial score (nSPS) is 12.0. The number of hydrogen-bond donors (Lipinski definition) is 0. The van der Waals surface area contributed by atoms with Crippen molar-refractivity contribution in [1.82, 2.24) is 0 Å². The molecule has 0 aliphatic carbocycles. The van der Waals surface area contributed by atoms with Crippen molar-refractivity contribution in [3.05, 3.63) is 0 Å². The van der Waals surface area contributed by atoms with Crippen LogP contribution in [0, 0.1) is 5.92 Å². The van der Waals surface area contributed by atoms with Gasteiger partial charge in [-0.3, -0.25) is 9.59 Å². The largest absolute Gasteiger partial charge is 0.466 e. The molecule has 0 saturated carbocycles. The van der Waals surface area contributed by atoms with Gasteiger partial charge in [0.15, 0.2) is 0 Å². The minimum Gasteiger partial charge on any atom is -0.466 e. The summed E-state index contributed by atoms with van der Waals surface area (Å²) in [5.74, 6) is 0.188. The van der Waals surface area contributed by atoms with E-state index in [2.05, 4.69) is 20.8 Å². The molecule has 0 aromatic heterocycles. The summed E-state index contributed by atoms with van der Waals surface area (Å²) in [6.07, 6.45) is 9.87. The average Bonchev–Trinajstić information content (AvgIpc) is 2.56. The van der Waals surface area contributed by atoms with Crippen LogP contribution in [0.3, 0.4) is 0 Å². The van der Waals surface area contributed by atoms with Crippen LogP contribution in [0.1, 0.15) is 91.4 Å². The maximum Gasteiger partial charge on any atom is 0.305 e. The average molecular weight is 328 g/mol. The third kappa shape index (κ3) is 14.3. The van der Waals surface area contributed by atoms with Crippen LogP contribution in [-0.2, 0) is 19.1 Å². The predicted octanol–water partition coefficient (Wildman–Crippen LogP) is 5.04. The van der Waals surface area contributed by atoms with E-state index in [0.29, 0.717) is 44.8 Å². The molecule has 0 amide bonds. The maximum absolute atomic E-state index is 11.7. The van der Waals surface area contributed by atoms with Gasteiger partial charge < -0.3 is 9.47 Å². The molecular formula is C19H36O4. The Hall–Kier alpha value is -1.06. The van der Waals surface area contributed by atoms with Gasteiger partial charge in [0.05, 0.1) is 13.2 Å². The van der Waals surface area contributed by atoms with Gasteiger partial charge in [-0.2, -0.15) is 0 Å². The molecule has 0 rings (SSSR count). The summed E-state index contributed by atoms with van der Waals surface area (Å²) in [6.45, 7) is 7.49. The van der Waals surface area contributed by atoms with Gasteiger partial charge in [-0.15, -0.1) is 0 Å². The van der Waals surface area contributed by atoms with Gasteiger partial charge >= 0.3 is 11.9 Å². The highest BCUT2D eigenvalue weighted by atomic mass is 16.5. The van der Waals surface area contributed by atoms with Crippen LogP contribution in [0.2, 0.25) is 0 Å². The summed E-state index contributed by atoms with van der Waals surface area (Å²) in [7, 11) is 0. The van der Waals surface area contributed by atoms with Crippen molar-refractivity contribution in [3.63, 3.8) is 0 Å². The molecule has 1 unspecified atom stereocenters. The second kappa shape index (κ2) is 15.8. The molecule has 1 atom stereocenters. The van der Waals surface area contributed by atoms with Crippen molar-refractivity contribution in [1.29, 1.82) is 0 Å². The molecule has 136 valence electrons. The van der Waals surface area contributed by atoms with Crippen LogP contribution in [0.5, 0.6) is 0 Å². The molecule has 0 spiro atoms. The van der Waals surface area contributed by atoms with Gasteiger partial charge in [0.1, 0.15) is 0 Å². The molecule has 0 aliphatic rings. The highest BCUT2D eigenvalue weighted by Crippen LogP contribution is 2.13. The maximum atomic E-state index is 11.7. The topological polar surface area (TPSA) is 52.6 Å². The lowest BCUT2D eigenvalue weighted by molar-refractivity contribution is -0.146. The fourth-order valence-electron chi connectivity index (χ4n) is 2.33. The Bertz CT molecular complexity index is 302. The zero-order chi connectivity index (χ0) is 17.3. The van der Waals surface area contributed by atoms with Crippen LogP contribution in [-0.4, -0.2) is 25.2 Å². The van der Waals surface area contributed by atoms with Crippen LogP contribution < -0.4 is 0 Å². The first-order valence-electron chi connectivity index (χ1n) is 9.45. The number of carbonyl (C=O) groups excluding carboxylic acids is 2. The summed E-state index contributed by atoms with van der Waals surface area (Å²) in [4.78, 5) is 23.2. The molecule has 0 aromatic carbocycles. The molecule has 4 nitrogen and oxygen atoms in total. The monoisotopic (exact) mass is 328 g/mol. The van der Waals surface area contributed by atoms with Crippen LogP contribution in [0.4, 0.5) is 0 Å². The Morgan fingerprint density at radius 3 is 1.96 bits per heavy atom. The van der Waals surface area contributed by atoms with E-state index in [1.165, 1.54) is 12.8 Å². The van der Waals surface area contributed by atoms with E-state index in [0.717, 1.165) is 32.1 Å². The van der Waals surface area contributed by atoms with Crippen LogP contribution in [0.15, 0.2) is 0 Å². The second-order valence-electron chi connectivity index (χ2n) is 6.23. The first kappa shape index (κ1) is 21.9. The van der Waals surface area contributed by atoms with Crippen molar-refractivity contribution in [2.45, 2.75) is 91.4 Å². The van der Waals surface area contributed by atoms with Gasteiger partial charge in [0.25, 0.3) is 0 Å². The molecule has 0 aromatic rings. The van der Waals surface area contributed by atoms with Crippen LogP contribution >= 0.6 is 0 Å². The Morgan fingerprint density at radius 2 is 1.39 bits per heavy atom. The summed E-state index contributed by atoms with van der Waals surface area (Å²) in [5.41, 5.74) is 0. The van der Waals surface area contributed by atoms with Crippen molar-refractivity contribution in [2.75, 3.05) is 13.2 Å². The van der Waals surface area contributed by atoms with E-state index < -0.39 is 0 Å². The van der Waals surface area contributed by atoms with Crippen molar-refractivity contribution in [2.24, 2.45) is 5.92 Å². The summed E-state index contributed by atoms with van der Waals surface area (Å²) in [6, 6.07) is 0. The van der Waals surface area contributed by atoms with Gasteiger partial charge in [0, 0.05) is 12.8 Å². The Morgan fingerprint density at radius 1 is 0.783 bits per heavy atom. The number of esters is 2. The lowest BCUT2D eigenvalue weighted by Crippen LogP contribution is -2.14. The fraction of sp³-hybridized carbons (Fsp3) is 0.895. The molecule has 0 saturated heterocycles. The summed E-state index contributed by atoms with van der Waals surface area (Å²) in [5, 5.41) is 0. The smallest absolute Gasteiger partial charge is 0.305 e. The molecule has 23 heavy (non-hydrogen) atoms. The standard InChI is InChI=1S/C19H36O4/c1-4-7-11-15-22-18(20)13-9-10-14-19(21)23-16-17(6-3)12-8-5-2/h17H,4-16H2,1-3H3. The Balaban J connectivity index is 3.56. The van der Waals surface area contributed by atoms with Gasteiger partial charge in [-0.1, -0.05) is 52.9 Å². The minimum atomic E-state index is -0.153. The number of hydrogen-bond acceptors (Lipinski definition) is 4. The zero-order valence-electron chi connectivity index (χ0n) is 15.4. The fourth-order valence-corrected chi connectivity index (χ4v) is 2.33. The second-order valence-corrected chi connectivity index (χ2v) is 6.23. The summed E-state index contributed by atoms with van der Waals surface area (Å²) < 4.78 is 10.5. The van der Waals surface area contributed by atoms with Crippen molar-refractivity contribution in [3.8, 4) is 0 Å². The molecule has 0 bridgehead atoms. The van der Waals surface area contributed by atoms with E-state index in [1.807, 2.05) is 0 Å². The van der Waals surface area contributed by atoms with E-state index >= 15 is 0 Å². The Kier molecular flexibility index (Phi) is 15.1. The number of ether oxygens (including phenoxy) is 2. The SMILES string of the molecule is CCCCCOC(=O)CCCCC(=O)OCC(CC)CCCC.